The Morgan fingerprint density at radius 1 is 0.962 bits per heavy atom. The number of nitrogens with one attached hydrogen (secondary N) is 1. The van der Waals surface area contributed by atoms with Gasteiger partial charge in [-0.3, -0.25) is 0 Å². The fraction of sp³-hybridized carbons (Fsp3) is 0.381. The second kappa shape index (κ2) is 8.13. The molecule has 0 aromatic heterocycles. The number of carbonyl (C=O) groups excluding carboxylic acids is 1. The monoisotopic (exact) mass is 352 g/mol. The van der Waals surface area contributed by atoms with Crippen molar-refractivity contribution in [3.05, 3.63) is 54.1 Å². The molecule has 0 aliphatic carbocycles. The van der Waals surface area contributed by atoms with Crippen molar-refractivity contribution in [3.63, 3.8) is 0 Å². The number of rotatable bonds is 4. The molecule has 0 saturated carbocycles. The van der Waals surface area contributed by atoms with E-state index in [1.165, 1.54) is 16.9 Å². The molecule has 1 aliphatic heterocycles. The Kier molecular flexibility index (Phi) is 5.66. The van der Waals surface area contributed by atoms with Gasteiger partial charge < -0.3 is 20.0 Å². The number of amides is 2. The maximum atomic E-state index is 12.5. The highest BCUT2D eigenvalue weighted by Crippen LogP contribution is 2.21. The summed E-state index contributed by atoms with van der Waals surface area (Å²) in [6, 6.07) is 16.6. The van der Waals surface area contributed by atoms with E-state index in [4.69, 9.17) is 0 Å². The van der Waals surface area contributed by atoms with Crippen LogP contribution in [-0.2, 0) is 6.42 Å². The molecule has 1 heterocycles. The predicted octanol–water partition coefficient (Wildman–Crippen LogP) is 3.67. The van der Waals surface area contributed by atoms with E-state index >= 15 is 0 Å². The number of piperazine rings is 1. The van der Waals surface area contributed by atoms with Crippen molar-refractivity contribution in [1.29, 1.82) is 0 Å². The van der Waals surface area contributed by atoms with Gasteiger partial charge in [0.25, 0.3) is 0 Å². The zero-order valence-corrected chi connectivity index (χ0v) is 15.9. The highest BCUT2D eigenvalue weighted by atomic mass is 16.2. The van der Waals surface area contributed by atoms with E-state index in [9.17, 15) is 4.79 Å². The summed E-state index contributed by atoms with van der Waals surface area (Å²) in [5.74, 6) is 0. The highest BCUT2D eigenvalue weighted by molar-refractivity contribution is 5.89. The summed E-state index contributed by atoms with van der Waals surface area (Å²) >= 11 is 0. The lowest BCUT2D eigenvalue weighted by molar-refractivity contribution is 0.208. The van der Waals surface area contributed by atoms with Crippen LogP contribution in [0.5, 0.6) is 0 Å². The first-order valence-electron chi connectivity index (χ1n) is 9.24. The number of benzene rings is 2. The van der Waals surface area contributed by atoms with Gasteiger partial charge in [-0.25, -0.2) is 4.79 Å². The zero-order chi connectivity index (χ0) is 18.5. The van der Waals surface area contributed by atoms with Crippen LogP contribution in [0.2, 0.25) is 0 Å². The molecule has 138 valence electrons. The van der Waals surface area contributed by atoms with Crippen LogP contribution in [0.1, 0.15) is 12.5 Å². The van der Waals surface area contributed by atoms with Crippen LogP contribution in [0, 0.1) is 0 Å². The summed E-state index contributed by atoms with van der Waals surface area (Å²) in [4.78, 5) is 18.8. The van der Waals surface area contributed by atoms with Crippen molar-refractivity contribution in [1.82, 2.24) is 4.90 Å². The maximum Gasteiger partial charge on any atom is 0.321 e. The SMILES string of the molecule is CCc1ccc(NC(=O)N2CCN(c3ccc(N(C)C)cc3)CC2)cc1. The normalized spacial score (nSPS) is 14.3. The fourth-order valence-electron chi connectivity index (χ4n) is 3.16. The summed E-state index contributed by atoms with van der Waals surface area (Å²) in [7, 11) is 4.09. The van der Waals surface area contributed by atoms with Crippen LogP contribution in [-0.4, -0.2) is 51.2 Å². The highest BCUT2D eigenvalue weighted by Gasteiger charge is 2.21. The first kappa shape index (κ1) is 18.1. The van der Waals surface area contributed by atoms with E-state index < -0.39 is 0 Å². The molecule has 2 aromatic rings. The Bertz CT molecular complexity index is 717. The molecule has 1 aliphatic rings. The van der Waals surface area contributed by atoms with Crippen molar-refractivity contribution in [3.8, 4) is 0 Å². The van der Waals surface area contributed by atoms with Gasteiger partial charge in [-0.2, -0.15) is 0 Å². The molecule has 1 fully saturated rings. The molecule has 1 N–H and O–H groups in total. The third-order valence-corrected chi connectivity index (χ3v) is 4.91. The Balaban J connectivity index is 1.53. The quantitative estimate of drug-likeness (QED) is 0.912. The number of nitrogens with zero attached hydrogens (tertiary/aromatic N) is 3. The number of anilines is 3. The minimum absolute atomic E-state index is 0.0168. The van der Waals surface area contributed by atoms with Gasteiger partial charge >= 0.3 is 6.03 Å². The summed E-state index contributed by atoms with van der Waals surface area (Å²) in [6.07, 6.45) is 1.01. The van der Waals surface area contributed by atoms with Crippen molar-refractivity contribution < 1.29 is 4.79 Å². The van der Waals surface area contributed by atoms with E-state index in [2.05, 4.69) is 58.4 Å². The first-order chi connectivity index (χ1) is 12.6. The molecular weight excluding hydrogens is 324 g/mol. The van der Waals surface area contributed by atoms with Crippen molar-refractivity contribution in [2.24, 2.45) is 0 Å². The third-order valence-electron chi connectivity index (χ3n) is 4.91. The second-order valence-electron chi connectivity index (χ2n) is 6.87. The Hall–Kier alpha value is -2.69. The van der Waals surface area contributed by atoms with Gasteiger partial charge in [-0.1, -0.05) is 19.1 Å². The first-order valence-corrected chi connectivity index (χ1v) is 9.24. The molecular formula is C21H28N4O. The lowest BCUT2D eigenvalue weighted by atomic mass is 10.1. The zero-order valence-electron chi connectivity index (χ0n) is 15.9. The largest absolute Gasteiger partial charge is 0.378 e. The van der Waals surface area contributed by atoms with Gasteiger partial charge in [0.2, 0.25) is 0 Å². The molecule has 3 rings (SSSR count). The molecule has 0 spiro atoms. The van der Waals surface area contributed by atoms with E-state index in [-0.39, 0.29) is 6.03 Å². The van der Waals surface area contributed by atoms with Crippen LogP contribution < -0.4 is 15.1 Å². The van der Waals surface area contributed by atoms with Crippen LogP contribution >= 0.6 is 0 Å². The van der Waals surface area contributed by atoms with Gasteiger partial charge in [-0.15, -0.1) is 0 Å². The second-order valence-corrected chi connectivity index (χ2v) is 6.87. The van der Waals surface area contributed by atoms with Gasteiger partial charge in [-0.05, 0) is 48.4 Å². The average Bonchev–Trinajstić information content (AvgIpc) is 2.69. The average molecular weight is 352 g/mol. The number of urea groups is 1. The number of aryl methyl sites for hydroxylation is 1. The van der Waals surface area contributed by atoms with E-state index in [0.717, 1.165) is 38.3 Å². The smallest absolute Gasteiger partial charge is 0.321 e. The maximum absolute atomic E-state index is 12.5. The van der Waals surface area contributed by atoms with Crippen LogP contribution in [0.15, 0.2) is 48.5 Å². The van der Waals surface area contributed by atoms with Crippen LogP contribution in [0.4, 0.5) is 21.9 Å². The molecule has 0 bridgehead atoms. The van der Waals surface area contributed by atoms with E-state index in [1.807, 2.05) is 31.1 Å². The van der Waals surface area contributed by atoms with Crippen molar-refractivity contribution >= 4 is 23.1 Å². The fourth-order valence-corrected chi connectivity index (χ4v) is 3.16. The number of hydrogen-bond donors (Lipinski definition) is 1. The molecule has 2 aromatic carbocycles. The molecule has 0 radical (unpaired) electrons. The van der Waals surface area contributed by atoms with Gasteiger partial charge in [0.05, 0.1) is 0 Å². The third kappa shape index (κ3) is 4.28. The Morgan fingerprint density at radius 3 is 2.12 bits per heavy atom. The summed E-state index contributed by atoms with van der Waals surface area (Å²) < 4.78 is 0. The van der Waals surface area contributed by atoms with Crippen LogP contribution in [0.25, 0.3) is 0 Å². The molecule has 1 saturated heterocycles. The molecule has 26 heavy (non-hydrogen) atoms. The number of carbonyl (C=O) groups is 1. The van der Waals surface area contributed by atoms with Gasteiger partial charge in [0.15, 0.2) is 0 Å². The Labute approximate surface area is 156 Å². The minimum atomic E-state index is -0.0168. The summed E-state index contributed by atoms with van der Waals surface area (Å²) in [5.41, 5.74) is 4.54. The van der Waals surface area contributed by atoms with E-state index in [0.29, 0.717) is 0 Å². The lowest BCUT2D eigenvalue weighted by Gasteiger charge is -2.36. The van der Waals surface area contributed by atoms with Crippen molar-refractivity contribution in [2.75, 3.05) is 55.4 Å². The van der Waals surface area contributed by atoms with Gasteiger partial charge in [0.1, 0.15) is 0 Å². The topological polar surface area (TPSA) is 38.8 Å². The predicted molar refractivity (Wildman–Crippen MR) is 109 cm³/mol. The Morgan fingerprint density at radius 2 is 1.58 bits per heavy atom. The molecule has 5 nitrogen and oxygen atoms in total. The number of hydrogen-bond acceptors (Lipinski definition) is 3. The van der Waals surface area contributed by atoms with Crippen LogP contribution in [0.3, 0.4) is 0 Å². The summed E-state index contributed by atoms with van der Waals surface area (Å²) in [6.45, 7) is 5.29. The molecule has 0 atom stereocenters. The lowest BCUT2D eigenvalue weighted by Crippen LogP contribution is -2.50. The van der Waals surface area contributed by atoms with E-state index in [1.54, 1.807) is 0 Å². The van der Waals surface area contributed by atoms with Crippen molar-refractivity contribution in [2.45, 2.75) is 13.3 Å². The molecule has 0 unspecified atom stereocenters. The van der Waals surface area contributed by atoms with Gasteiger partial charge in [0, 0.05) is 57.3 Å². The standard InChI is InChI=1S/C21H28N4O/c1-4-17-5-7-18(8-6-17)22-21(26)25-15-13-24(14-16-25)20-11-9-19(10-12-20)23(2)3/h5-12H,4,13-16H2,1-3H3,(H,22,26). The molecule has 2 amide bonds. The minimum Gasteiger partial charge on any atom is -0.378 e. The summed E-state index contributed by atoms with van der Waals surface area (Å²) in [5, 5.41) is 3.00. The molecule has 5 heteroatoms.